The van der Waals surface area contributed by atoms with Crippen LogP contribution in [0.1, 0.15) is 54.0 Å². The Labute approximate surface area is 180 Å². The third-order valence-electron chi connectivity index (χ3n) is 4.42. The third-order valence-corrected chi connectivity index (χ3v) is 4.66. The molecule has 162 valence electrons. The molecule has 30 heavy (non-hydrogen) atoms. The number of rotatable bonds is 5. The van der Waals surface area contributed by atoms with Crippen LogP contribution in [0.4, 0.5) is 8.78 Å². The molecule has 0 aliphatic carbocycles. The molecule has 0 aliphatic rings. The van der Waals surface area contributed by atoms with Crippen molar-refractivity contribution in [2.75, 3.05) is 7.05 Å². The summed E-state index contributed by atoms with van der Waals surface area (Å²) in [4.78, 5) is 26.4. The maximum absolute atomic E-state index is 13.3. The van der Waals surface area contributed by atoms with Gasteiger partial charge in [0.15, 0.2) is 0 Å². The Morgan fingerprint density at radius 1 is 1.07 bits per heavy atom. The van der Waals surface area contributed by atoms with Gasteiger partial charge in [-0.1, -0.05) is 30.7 Å². The molecule has 0 spiro atoms. The van der Waals surface area contributed by atoms with Crippen molar-refractivity contribution in [1.82, 2.24) is 10.0 Å². The Kier molecular flexibility index (Phi) is 7.42. The highest BCUT2D eigenvalue weighted by atomic mass is 35.5. The minimum atomic E-state index is -3.13. The van der Waals surface area contributed by atoms with E-state index in [1.165, 1.54) is 29.2 Å². The maximum Gasteiger partial charge on any atom is 0.387 e. The second-order valence-corrected chi connectivity index (χ2v) is 8.12. The summed E-state index contributed by atoms with van der Waals surface area (Å²) in [7, 11) is 1.46. The van der Waals surface area contributed by atoms with Crippen LogP contribution in [-0.2, 0) is 6.42 Å². The summed E-state index contributed by atoms with van der Waals surface area (Å²) in [5.74, 6) is -1.44. The number of carbonyl (C=O) groups excluding carboxylic acids is 2. The van der Waals surface area contributed by atoms with E-state index < -0.39 is 24.0 Å². The molecule has 0 N–H and O–H groups in total. The largest absolute Gasteiger partial charge is 0.434 e. The number of amides is 2. The van der Waals surface area contributed by atoms with E-state index in [0.717, 1.165) is 18.1 Å². The topological polar surface area (TPSA) is 49.9 Å². The van der Waals surface area contributed by atoms with E-state index in [-0.39, 0.29) is 16.3 Å². The van der Waals surface area contributed by atoms with Crippen LogP contribution in [0.5, 0.6) is 5.75 Å². The summed E-state index contributed by atoms with van der Waals surface area (Å²) in [6, 6.07) is 10.9. The minimum absolute atomic E-state index is 0.129. The Morgan fingerprint density at radius 3 is 2.17 bits per heavy atom. The van der Waals surface area contributed by atoms with Crippen LogP contribution >= 0.6 is 11.6 Å². The van der Waals surface area contributed by atoms with Gasteiger partial charge in [-0.05, 0) is 63.1 Å². The van der Waals surface area contributed by atoms with Crippen molar-refractivity contribution in [2.24, 2.45) is 0 Å². The van der Waals surface area contributed by atoms with Gasteiger partial charge in [0.1, 0.15) is 5.75 Å². The molecular formula is C22H25ClF2N2O3. The zero-order chi connectivity index (χ0) is 22.6. The monoisotopic (exact) mass is 438 g/mol. The van der Waals surface area contributed by atoms with Gasteiger partial charge in [0.05, 0.1) is 11.1 Å². The molecule has 2 aromatic rings. The normalized spacial score (nSPS) is 11.4. The van der Waals surface area contributed by atoms with E-state index in [1.807, 2.05) is 19.1 Å². The number of benzene rings is 2. The van der Waals surface area contributed by atoms with E-state index in [4.69, 9.17) is 11.6 Å². The average Bonchev–Trinajstić information content (AvgIpc) is 2.66. The number of nitrogens with zero attached hydrogens (tertiary/aromatic N) is 2. The fourth-order valence-corrected chi connectivity index (χ4v) is 3.19. The molecule has 5 nitrogen and oxygen atoms in total. The van der Waals surface area contributed by atoms with Crippen LogP contribution in [0.2, 0.25) is 5.02 Å². The molecule has 0 atom stereocenters. The summed E-state index contributed by atoms with van der Waals surface area (Å²) >= 11 is 5.88. The number of aryl methyl sites for hydroxylation is 1. The molecule has 2 amide bonds. The summed E-state index contributed by atoms with van der Waals surface area (Å²) < 4.78 is 30.2. The van der Waals surface area contributed by atoms with Gasteiger partial charge in [0.25, 0.3) is 11.8 Å². The van der Waals surface area contributed by atoms with Gasteiger partial charge in [0.2, 0.25) is 0 Å². The van der Waals surface area contributed by atoms with E-state index in [0.29, 0.717) is 5.56 Å². The predicted octanol–water partition coefficient (Wildman–Crippen LogP) is 5.43. The predicted molar refractivity (Wildman–Crippen MR) is 112 cm³/mol. The second kappa shape index (κ2) is 9.43. The number of halogens is 3. The minimum Gasteiger partial charge on any atom is -0.434 e. The van der Waals surface area contributed by atoms with Crippen molar-refractivity contribution in [1.29, 1.82) is 0 Å². The molecule has 0 saturated heterocycles. The quantitative estimate of drug-likeness (QED) is 0.585. The zero-order valence-corrected chi connectivity index (χ0v) is 18.3. The van der Waals surface area contributed by atoms with Gasteiger partial charge in [-0.15, -0.1) is 0 Å². The first-order chi connectivity index (χ1) is 14.0. The summed E-state index contributed by atoms with van der Waals surface area (Å²) in [6.07, 6.45) is 0.834. The highest BCUT2D eigenvalue weighted by Crippen LogP contribution is 2.29. The van der Waals surface area contributed by atoms with Crippen LogP contribution in [-0.4, -0.2) is 41.0 Å². The van der Waals surface area contributed by atoms with Crippen LogP contribution in [0.3, 0.4) is 0 Å². The molecule has 2 aromatic carbocycles. The van der Waals surface area contributed by atoms with Crippen molar-refractivity contribution in [3.63, 3.8) is 0 Å². The molecule has 0 heterocycles. The molecule has 0 aliphatic heterocycles. The van der Waals surface area contributed by atoms with Crippen molar-refractivity contribution < 1.29 is 23.1 Å². The van der Waals surface area contributed by atoms with Crippen molar-refractivity contribution in [2.45, 2.75) is 46.3 Å². The first-order valence-electron chi connectivity index (χ1n) is 9.41. The van der Waals surface area contributed by atoms with Gasteiger partial charge in [-0.2, -0.15) is 8.78 Å². The number of hydrazine groups is 1. The number of hydrogen-bond donors (Lipinski definition) is 0. The third kappa shape index (κ3) is 5.48. The number of alkyl halides is 2. The molecular weight excluding hydrogens is 414 g/mol. The number of carbonyl (C=O) groups is 2. The maximum atomic E-state index is 13.3. The Hall–Kier alpha value is -2.67. The molecule has 2 rings (SSSR count). The number of ether oxygens (including phenoxy) is 1. The van der Waals surface area contributed by atoms with Crippen molar-refractivity contribution in [3.8, 4) is 5.75 Å². The van der Waals surface area contributed by atoms with E-state index in [2.05, 4.69) is 4.74 Å². The van der Waals surface area contributed by atoms with Gasteiger partial charge in [-0.3, -0.25) is 9.59 Å². The summed E-state index contributed by atoms with van der Waals surface area (Å²) in [6.45, 7) is 4.08. The Balaban J connectivity index is 2.44. The summed E-state index contributed by atoms with van der Waals surface area (Å²) in [5, 5.41) is 2.54. The molecule has 0 bridgehead atoms. The van der Waals surface area contributed by atoms with E-state index >= 15 is 0 Å². The molecule has 0 unspecified atom stereocenters. The molecule has 0 saturated carbocycles. The molecule has 0 aromatic heterocycles. The molecule has 8 heteroatoms. The van der Waals surface area contributed by atoms with Crippen LogP contribution in [0.25, 0.3) is 0 Å². The van der Waals surface area contributed by atoms with E-state index in [1.54, 1.807) is 32.9 Å². The molecule has 0 fully saturated rings. The summed E-state index contributed by atoms with van der Waals surface area (Å²) in [5.41, 5.74) is 0.507. The molecule has 0 radical (unpaired) electrons. The Bertz CT molecular complexity index is 912. The van der Waals surface area contributed by atoms with Gasteiger partial charge in [-0.25, -0.2) is 10.0 Å². The van der Waals surface area contributed by atoms with Crippen LogP contribution in [0.15, 0.2) is 42.5 Å². The highest BCUT2D eigenvalue weighted by molar-refractivity contribution is 6.30. The average molecular weight is 439 g/mol. The number of hydrogen-bond acceptors (Lipinski definition) is 3. The first kappa shape index (κ1) is 23.6. The lowest BCUT2D eigenvalue weighted by Crippen LogP contribution is -2.56. The first-order valence-corrected chi connectivity index (χ1v) is 9.79. The standard InChI is InChI=1S/C22H25ClF2N2O3/c1-6-14-7-9-15(10-8-14)19(28)26(5)27(22(2,3)4)20(29)17-12-11-16(23)13-18(17)30-21(24)25/h7-13,21H,6H2,1-5H3. The zero-order valence-electron chi connectivity index (χ0n) is 17.6. The second-order valence-electron chi connectivity index (χ2n) is 7.69. The van der Waals surface area contributed by atoms with Gasteiger partial charge >= 0.3 is 6.61 Å². The lowest BCUT2D eigenvalue weighted by Gasteiger charge is -2.41. The van der Waals surface area contributed by atoms with Crippen LogP contribution < -0.4 is 4.74 Å². The van der Waals surface area contributed by atoms with Gasteiger partial charge < -0.3 is 4.74 Å². The van der Waals surface area contributed by atoms with Gasteiger partial charge in [0, 0.05) is 17.6 Å². The fraction of sp³-hybridized carbons (Fsp3) is 0.364. The lowest BCUT2D eigenvalue weighted by atomic mass is 10.0. The highest BCUT2D eigenvalue weighted by Gasteiger charge is 2.35. The van der Waals surface area contributed by atoms with Crippen LogP contribution in [0, 0.1) is 0 Å². The SMILES string of the molecule is CCc1ccc(C(=O)N(C)N(C(=O)c2ccc(Cl)cc2OC(F)F)C(C)(C)C)cc1. The smallest absolute Gasteiger partial charge is 0.387 e. The van der Waals surface area contributed by atoms with E-state index in [9.17, 15) is 18.4 Å². The van der Waals surface area contributed by atoms with Crippen molar-refractivity contribution in [3.05, 3.63) is 64.2 Å². The van der Waals surface area contributed by atoms with Crippen molar-refractivity contribution >= 4 is 23.4 Å². The Morgan fingerprint density at radius 2 is 1.67 bits per heavy atom. The lowest BCUT2D eigenvalue weighted by molar-refractivity contribution is -0.0518. The fourth-order valence-electron chi connectivity index (χ4n) is 3.03.